The average molecular weight is 742 g/mol. The number of anilines is 2. The van der Waals surface area contributed by atoms with Crippen molar-refractivity contribution in [3.8, 4) is 5.75 Å². The summed E-state index contributed by atoms with van der Waals surface area (Å²) in [6.45, 7) is 7.03. The number of aromatic hydroxyl groups is 1. The molecule has 9 rings (SSSR count). The smallest absolute Gasteiger partial charge is 0.255 e. The molecule has 3 fully saturated rings. The molecular weight excluding hydrogens is 694 g/mol. The molecule has 55 heavy (non-hydrogen) atoms. The van der Waals surface area contributed by atoms with Crippen LogP contribution in [0.1, 0.15) is 82.1 Å². The molecule has 10 heteroatoms. The molecule has 5 aliphatic rings. The van der Waals surface area contributed by atoms with Crippen LogP contribution >= 0.6 is 0 Å². The Balaban J connectivity index is 0.794. The van der Waals surface area contributed by atoms with Crippen LogP contribution in [-0.2, 0) is 22.6 Å². The molecule has 4 heterocycles. The van der Waals surface area contributed by atoms with Crippen molar-refractivity contribution in [3.63, 3.8) is 0 Å². The number of nitrogens with zero attached hydrogens (tertiary/aromatic N) is 4. The molecule has 3 saturated heterocycles. The minimum atomic E-state index is -0.603. The summed E-state index contributed by atoms with van der Waals surface area (Å²) in [5.41, 5.74) is 7.78. The zero-order valence-electron chi connectivity index (χ0n) is 31.1. The molecule has 2 unspecified atom stereocenters. The van der Waals surface area contributed by atoms with Gasteiger partial charge in [0.05, 0.1) is 0 Å². The van der Waals surface area contributed by atoms with E-state index in [1.807, 2.05) is 36.4 Å². The van der Waals surface area contributed by atoms with Crippen molar-refractivity contribution in [1.29, 1.82) is 0 Å². The highest BCUT2D eigenvalue weighted by Gasteiger charge is 2.39. The molecule has 0 bridgehead atoms. The third kappa shape index (κ3) is 6.97. The molecule has 0 radical (unpaired) electrons. The van der Waals surface area contributed by atoms with Crippen molar-refractivity contribution < 1.29 is 23.9 Å². The van der Waals surface area contributed by atoms with Crippen LogP contribution in [-0.4, -0.2) is 84.5 Å². The number of benzene rings is 4. The normalized spacial score (nSPS) is 23.5. The van der Waals surface area contributed by atoms with Gasteiger partial charge in [-0.3, -0.25) is 24.6 Å². The first-order valence-electron chi connectivity index (χ1n) is 19.9. The van der Waals surface area contributed by atoms with Gasteiger partial charge in [-0.15, -0.1) is 0 Å². The summed E-state index contributed by atoms with van der Waals surface area (Å²) in [5, 5.41) is 12.6. The molecule has 3 atom stereocenters. The van der Waals surface area contributed by atoms with Crippen LogP contribution in [0, 0.1) is 11.7 Å². The summed E-state index contributed by atoms with van der Waals surface area (Å²) in [7, 11) is 0. The van der Waals surface area contributed by atoms with Crippen LogP contribution in [0.25, 0.3) is 0 Å². The molecule has 9 nitrogen and oxygen atoms in total. The molecule has 4 aromatic carbocycles. The number of piperidine rings is 2. The van der Waals surface area contributed by atoms with Crippen molar-refractivity contribution in [2.45, 2.75) is 62.9 Å². The monoisotopic (exact) mass is 741 g/mol. The van der Waals surface area contributed by atoms with Gasteiger partial charge in [0.2, 0.25) is 11.8 Å². The van der Waals surface area contributed by atoms with Gasteiger partial charge in [-0.05, 0) is 114 Å². The van der Waals surface area contributed by atoms with Crippen LogP contribution in [0.3, 0.4) is 0 Å². The van der Waals surface area contributed by atoms with E-state index in [0.717, 1.165) is 105 Å². The van der Waals surface area contributed by atoms with Crippen molar-refractivity contribution in [2.75, 3.05) is 55.6 Å². The Kier molecular flexibility index (Phi) is 9.54. The van der Waals surface area contributed by atoms with E-state index in [4.69, 9.17) is 0 Å². The fourth-order valence-corrected chi connectivity index (χ4v) is 9.90. The van der Waals surface area contributed by atoms with Crippen LogP contribution in [0.5, 0.6) is 5.75 Å². The molecule has 4 aliphatic heterocycles. The SMILES string of the molecule is O=C1CCC(N2Cc3cc(N4CCN(CC5CCN(c6ccc([C@@H]7c8ccc(O)cc8CCC7c7ccccc7)c(F)c6)CC5)CC4)ccc3C2=O)C(=O)N1. The number of carbonyl (C=O) groups is 3. The lowest BCUT2D eigenvalue weighted by molar-refractivity contribution is -0.136. The summed E-state index contributed by atoms with van der Waals surface area (Å²) >= 11 is 0. The van der Waals surface area contributed by atoms with Gasteiger partial charge in [0, 0.05) is 81.6 Å². The molecular formula is C45H48FN5O4. The minimum absolute atomic E-state index is 0.116. The Morgan fingerprint density at radius 1 is 0.709 bits per heavy atom. The molecule has 0 aromatic heterocycles. The number of piperazine rings is 1. The Hall–Kier alpha value is -5.22. The van der Waals surface area contributed by atoms with Crippen molar-refractivity contribution in [1.82, 2.24) is 15.1 Å². The van der Waals surface area contributed by atoms with Crippen LogP contribution in [0.15, 0.2) is 84.9 Å². The Bertz CT molecular complexity index is 2110. The van der Waals surface area contributed by atoms with Crippen LogP contribution in [0.4, 0.5) is 15.8 Å². The Morgan fingerprint density at radius 2 is 1.44 bits per heavy atom. The van der Waals surface area contributed by atoms with E-state index >= 15 is 4.39 Å². The maximum Gasteiger partial charge on any atom is 0.255 e. The zero-order valence-corrected chi connectivity index (χ0v) is 31.1. The number of aryl methyl sites for hydroxylation is 1. The number of carbonyl (C=O) groups excluding carboxylic acids is 3. The highest BCUT2D eigenvalue weighted by Crippen LogP contribution is 2.48. The summed E-state index contributed by atoms with van der Waals surface area (Å²) in [6.07, 6.45) is 4.52. The number of fused-ring (bicyclic) bond motifs is 2. The number of hydrogen-bond acceptors (Lipinski definition) is 7. The molecule has 1 aliphatic carbocycles. The van der Waals surface area contributed by atoms with Gasteiger partial charge in [-0.25, -0.2) is 4.39 Å². The number of phenolic OH excluding ortho intramolecular Hbond substituents is 1. The summed E-state index contributed by atoms with van der Waals surface area (Å²) in [5.74, 6) is -0.0663. The predicted octanol–water partition coefficient (Wildman–Crippen LogP) is 6.19. The Labute approximate surface area is 321 Å². The first kappa shape index (κ1) is 35.5. The van der Waals surface area contributed by atoms with Gasteiger partial charge in [0.25, 0.3) is 5.91 Å². The van der Waals surface area contributed by atoms with Gasteiger partial charge in [0.15, 0.2) is 0 Å². The third-order valence-electron chi connectivity index (χ3n) is 12.9. The average Bonchev–Trinajstić information content (AvgIpc) is 3.53. The zero-order chi connectivity index (χ0) is 37.6. The van der Waals surface area contributed by atoms with E-state index in [-0.39, 0.29) is 47.5 Å². The number of nitrogens with one attached hydrogen (secondary N) is 1. The van der Waals surface area contributed by atoms with E-state index in [2.05, 4.69) is 56.4 Å². The number of phenols is 1. The predicted molar refractivity (Wildman–Crippen MR) is 210 cm³/mol. The molecule has 0 spiro atoms. The lowest BCUT2D eigenvalue weighted by Crippen LogP contribution is -2.52. The molecule has 4 aromatic rings. The maximum absolute atomic E-state index is 16.3. The topological polar surface area (TPSA) is 96.4 Å². The maximum atomic E-state index is 16.3. The number of halogens is 1. The second kappa shape index (κ2) is 14.8. The van der Waals surface area contributed by atoms with E-state index in [1.54, 1.807) is 17.0 Å². The van der Waals surface area contributed by atoms with Gasteiger partial charge >= 0.3 is 0 Å². The number of hydrogen-bond donors (Lipinski definition) is 2. The van der Waals surface area contributed by atoms with Gasteiger partial charge in [-0.1, -0.05) is 42.5 Å². The van der Waals surface area contributed by atoms with E-state index < -0.39 is 6.04 Å². The van der Waals surface area contributed by atoms with Crippen molar-refractivity contribution in [3.05, 3.63) is 124 Å². The number of imide groups is 1. The fraction of sp³-hybridized carbons (Fsp3) is 0.400. The quantitative estimate of drug-likeness (QED) is 0.218. The lowest BCUT2D eigenvalue weighted by Gasteiger charge is -2.40. The van der Waals surface area contributed by atoms with Crippen molar-refractivity contribution in [2.24, 2.45) is 5.92 Å². The largest absolute Gasteiger partial charge is 0.508 e. The summed E-state index contributed by atoms with van der Waals surface area (Å²) in [6, 6.07) is 27.3. The molecule has 0 saturated carbocycles. The summed E-state index contributed by atoms with van der Waals surface area (Å²) in [4.78, 5) is 46.1. The van der Waals surface area contributed by atoms with Gasteiger partial charge in [0.1, 0.15) is 17.6 Å². The van der Waals surface area contributed by atoms with Gasteiger partial charge in [-0.2, -0.15) is 0 Å². The van der Waals surface area contributed by atoms with Gasteiger partial charge < -0.3 is 19.8 Å². The number of amides is 3. The van der Waals surface area contributed by atoms with E-state index in [9.17, 15) is 19.5 Å². The second-order valence-electron chi connectivity index (χ2n) is 16.1. The first-order chi connectivity index (χ1) is 26.8. The first-order valence-corrected chi connectivity index (χ1v) is 19.9. The van der Waals surface area contributed by atoms with Crippen LogP contribution in [0.2, 0.25) is 0 Å². The third-order valence-corrected chi connectivity index (χ3v) is 12.9. The van der Waals surface area contributed by atoms with E-state index in [0.29, 0.717) is 24.4 Å². The fourth-order valence-electron chi connectivity index (χ4n) is 9.90. The second-order valence-corrected chi connectivity index (χ2v) is 16.1. The highest BCUT2D eigenvalue weighted by atomic mass is 19.1. The Morgan fingerprint density at radius 3 is 2.20 bits per heavy atom. The molecule has 2 N–H and O–H groups in total. The van der Waals surface area contributed by atoms with E-state index in [1.165, 1.54) is 5.56 Å². The lowest BCUT2D eigenvalue weighted by atomic mass is 9.69. The van der Waals surface area contributed by atoms with Crippen LogP contribution < -0.4 is 15.1 Å². The van der Waals surface area contributed by atoms with Crippen molar-refractivity contribution >= 4 is 29.1 Å². The highest BCUT2D eigenvalue weighted by molar-refractivity contribution is 6.05. The molecule has 284 valence electrons. The summed E-state index contributed by atoms with van der Waals surface area (Å²) < 4.78 is 16.3. The number of rotatable bonds is 7. The minimum Gasteiger partial charge on any atom is -0.508 e. The standard InChI is InChI=1S/C45H48FN5O4/c46-40-26-34(8-12-39(40)43-36(30-4-2-1-3-5-30)10-6-31-25-35(52)9-13-37(31)43)49-18-16-29(17-19-49)27-48-20-22-50(23-21-48)33-7-11-38-32(24-33)28-51(45(38)55)41-14-15-42(53)47-44(41)54/h1-5,7-9,11-13,24-26,29,36,41,43,52H,6,10,14-23,27-28H2,(H,47,53,54)/t36?,41?,43-/m0/s1. The molecule has 3 amide bonds.